The Hall–Kier alpha value is -1.04. The van der Waals surface area contributed by atoms with Gasteiger partial charge in [0.25, 0.3) is 0 Å². The van der Waals surface area contributed by atoms with Gasteiger partial charge in [0, 0.05) is 26.9 Å². The molecule has 0 aliphatic rings. The maximum Gasteiger partial charge on any atom is 0.172 e. The molecule has 9 heteroatoms. The molecule has 26 heavy (non-hydrogen) atoms. The van der Waals surface area contributed by atoms with Gasteiger partial charge >= 0.3 is 0 Å². The van der Waals surface area contributed by atoms with Crippen LogP contribution in [0.3, 0.4) is 0 Å². The molecule has 1 aromatic carbocycles. The molecule has 0 aliphatic heterocycles. The van der Waals surface area contributed by atoms with Gasteiger partial charge in [0.2, 0.25) is 0 Å². The summed E-state index contributed by atoms with van der Waals surface area (Å²) in [6.07, 6.45) is 1.97. The van der Waals surface area contributed by atoms with Crippen LogP contribution in [0, 0.1) is 3.57 Å². The van der Waals surface area contributed by atoms with Crippen LogP contribution in [0.1, 0.15) is 0 Å². The predicted molar refractivity (Wildman–Crippen MR) is 119 cm³/mol. The number of rotatable bonds is 7. The van der Waals surface area contributed by atoms with E-state index in [-0.39, 0.29) is 0 Å². The van der Waals surface area contributed by atoms with Crippen molar-refractivity contribution < 1.29 is 9.47 Å². The maximum atomic E-state index is 5.79. The molecular formula is C17H23IN4O2SSi. The Morgan fingerprint density at radius 2 is 2.04 bits per heavy atom. The highest BCUT2D eigenvalue weighted by Gasteiger charge is 2.18. The van der Waals surface area contributed by atoms with E-state index in [0.717, 1.165) is 38.7 Å². The number of nitrogens with zero attached hydrogens (tertiary/aromatic N) is 4. The van der Waals surface area contributed by atoms with Gasteiger partial charge in [0.05, 0.1) is 21.7 Å². The Kier molecular flexibility index (Phi) is 6.00. The Balaban J connectivity index is 1.81. The molecule has 0 spiro atoms. The van der Waals surface area contributed by atoms with Crippen molar-refractivity contribution in [3.8, 4) is 17.3 Å². The van der Waals surface area contributed by atoms with E-state index in [1.165, 1.54) is 0 Å². The molecule has 0 unspecified atom stereocenters. The summed E-state index contributed by atoms with van der Waals surface area (Å²) >= 11 is 6.88. The minimum atomic E-state index is -1.08. The standard InChI is InChI=1S/C17H23IN4O2SSi/c1-23-12-5-6-14-15(9-12)22(25)17(19-14)16-13(18)10-21(20-16)11-24-7-8-26(2,3)4/h5-6,9-10,25H,7-8,11H2,1-4H3. The van der Waals surface area contributed by atoms with Crippen LogP contribution in [0.5, 0.6) is 5.75 Å². The van der Waals surface area contributed by atoms with Crippen LogP contribution in [0.25, 0.3) is 22.6 Å². The first-order chi connectivity index (χ1) is 12.3. The molecule has 140 valence electrons. The molecule has 0 saturated carbocycles. The fourth-order valence-electron chi connectivity index (χ4n) is 2.47. The third-order valence-electron chi connectivity index (χ3n) is 3.99. The Bertz CT molecular complexity index is 920. The van der Waals surface area contributed by atoms with Gasteiger partial charge in [-0.3, -0.25) is 3.97 Å². The molecule has 3 aromatic rings. The first-order valence-corrected chi connectivity index (χ1v) is 13.5. The fraction of sp³-hybridized carbons (Fsp3) is 0.412. The van der Waals surface area contributed by atoms with E-state index in [2.05, 4.69) is 65.1 Å². The van der Waals surface area contributed by atoms with Crippen LogP contribution >= 0.6 is 35.4 Å². The highest BCUT2D eigenvalue weighted by Crippen LogP contribution is 2.30. The largest absolute Gasteiger partial charge is 0.497 e. The zero-order valence-corrected chi connectivity index (χ0v) is 19.4. The summed E-state index contributed by atoms with van der Waals surface area (Å²) in [4.78, 5) is 4.68. The molecule has 0 N–H and O–H groups in total. The van der Waals surface area contributed by atoms with Crippen LogP contribution in [-0.2, 0) is 11.5 Å². The molecule has 2 heterocycles. The second-order valence-corrected chi connectivity index (χ2v) is 14.5. The van der Waals surface area contributed by atoms with Crippen LogP contribution in [0.15, 0.2) is 24.4 Å². The average molecular weight is 502 g/mol. The normalized spacial score (nSPS) is 12.1. The van der Waals surface area contributed by atoms with E-state index in [0.29, 0.717) is 12.6 Å². The Morgan fingerprint density at radius 3 is 2.73 bits per heavy atom. The van der Waals surface area contributed by atoms with Gasteiger partial charge in [-0.2, -0.15) is 5.10 Å². The predicted octanol–water partition coefficient (Wildman–Crippen LogP) is 4.52. The molecule has 6 nitrogen and oxygen atoms in total. The summed E-state index contributed by atoms with van der Waals surface area (Å²) in [7, 11) is 0.569. The van der Waals surface area contributed by atoms with E-state index in [1.54, 1.807) is 11.1 Å². The van der Waals surface area contributed by atoms with Crippen LogP contribution in [0.2, 0.25) is 25.7 Å². The van der Waals surface area contributed by atoms with Crippen molar-refractivity contribution in [2.24, 2.45) is 0 Å². The molecule has 0 atom stereocenters. The number of imidazole rings is 1. The second-order valence-electron chi connectivity index (χ2n) is 7.31. The molecule has 0 saturated heterocycles. The highest BCUT2D eigenvalue weighted by molar-refractivity contribution is 14.1. The SMILES string of the molecule is COc1ccc2nc(-c3nn(COCC[Si](C)(C)C)cc3I)n(S)c2c1. The van der Waals surface area contributed by atoms with Gasteiger partial charge in [0.1, 0.15) is 18.2 Å². The van der Waals surface area contributed by atoms with Crippen LogP contribution < -0.4 is 4.74 Å². The Morgan fingerprint density at radius 1 is 1.27 bits per heavy atom. The summed E-state index contributed by atoms with van der Waals surface area (Å²) in [5.41, 5.74) is 2.54. The van der Waals surface area contributed by atoms with Gasteiger partial charge in [0.15, 0.2) is 5.82 Å². The number of methoxy groups -OCH3 is 1. The van der Waals surface area contributed by atoms with Crippen LogP contribution in [-0.4, -0.2) is 40.5 Å². The summed E-state index contributed by atoms with van der Waals surface area (Å²) in [5.74, 6) is 1.48. The van der Waals surface area contributed by atoms with Gasteiger partial charge in [-0.05, 0) is 40.8 Å². The lowest BCUT2D eigenvalue weighted by Gasteiger charge is -2.15. The molecule has 0 aliphatic carbocycles. The summed E-state index contributed by atoms with van der Waals surface area (Å²) in [6, 6.07) is 6.88. The number of hydrogen-bond donors (Lipinski definition) is 1. The van der Waals surface area contributed by atoms with E-state index in [1.807, 2.05) is 29.1 Å². The second kappa shape index (κ2) is 7.91. The lowest BCUT2D eigenvalue weighted by Crippen LogP contribution is -2.22. The Labute approximate surface area is 173 Å². The first-order valence-electron chi connectivity index (χ1n) is 8.35. The molecule has 2 aromatic heterocycles. The topological polar surface area (TPSA) is 54.1 Å². The lowest BCUT2D eigenvalue weighted by molar-refractivity contribution is 0.0787. The molecule has 0 bridgehead atoms. The lowest BCUT2D eigenvalue weighted by atomic mass is 10.3. The minimum absolute atomic E-state index is 0.446. The van der Waals surface area contributed by atoms with Crippen molar-refractivity contribution in [1.82, 2.24) is 18.7 Å². The monoisotopic (exact) mass is 502 g/mol. The van der Waals surface area contributed by atoms with Crippen molar-refractivity contribution in [1.29, 1.82) is 0 Å². The van der Waals surface area contributed by atoms with Gasteiger partial charge in [-0.25, -0.2) is 9.67 Å². The zero-order valence-electron chi connectivity index (χ0n) is 15.4. The minimum Gasteiger partial charge on any atom is -0.497 e. The number of hydrogen-bond acceptors (Lipinski definition) is 5. The number of fused-ring (bicyclic) bond motifs is 1. The number of aromatic nitrogens is 4. The number of benzene rings is 1. The van der Waals surface area contributed by atoms with E-state index in [9.17, 15) is 0 Å². The molecular weight excluding hydrogens is 479 g/mol. The molecule has 0 fully saturated rings. The summed E-state index contributed by atoms with van der Waals surface area (Å²) < 4.78 is 15.6. The number of ether oxygens (including phenoxy) is 2. The molecule has 0 radical (unpaired) electrons. The molecule has 0 amide bonds. The molecule has 3 rings (SSSR count). The maximum absolute atomic E-state index is 5.79. The van der Waals surface area contributed by atoms with Crippen molar-refractivity contribution in [2.45, 2.75) is 32.4 Å². The third-order valence-corrected chi connectivity index (χ3v) is 6.89. The van der Waals surface area contributed by atoms with E-state index < -0.39 is 8.07 Å². The van der Waals surface area contributed by atoms with Crippen molar-refractivity contribution in [3.05, 3.63) is 28.0 Å². The fourth-order valence-corrected chi connectivity index (χ4v) is 4.20. The van der Waals surface area contributed by atoms with E-state index in [4.69, 9.17) is 9.47 Å². The van der Waals surface area contributed by atoms with Gasteiger partial charge < -0.3 is 9.47 Å². The third kappa shape index (κ3) is 4.43. The average Bonchev–Trinajstić information content (AvgIpc) is 3.10. The summed E-state index contributed by atoms with van der Waals surface area (Å²) in [6.45, 7) is 8.25. The highest BCUT2D eigenvalue weighted by atomic mass is 127. The van der Waals surface area contributed by atoms with E-state index >= 15 is 0 Å². The van der Waals surface area contributed by atoms with Gasteiger partial charge in [-0.1, -0.05) is 32.5 Å². The van der Waals surface area contributed by atoms with Crippen LogP contribution in [0.4, 0.5) is 0 Å². The van der Waals surface area contributed by atoms with Crippen molar-refractivity contribution >= 4 is 54.5 Å². The quantitative estimate of drug-likeness (QED) is 0.224. The summed E-state index contributed by atoms with van der Waals surface area (Å²) in [5, 5.41) is 4.64. The zero-order chi connectivity index (χ0) is 18.9. The number of halogens is 1. The van der Waals surface area contributed by atoms with Crippen molar-refractivity contribution in [3.63, 3.8) is 0 Å². The number of thiol groups is 1. The van der Waals surface area contributed by atoms with Gasteiger partial charge in [-0.15, -0.1) is 0 Å². The van der Waals surface area contributed by atoms with Crippen molar-refractivity contribution in [2.75, 3.05) is 13.7 Å². The first kappa shape index (κ1) is 19.7. The smallest absolute Gasteiger partial charge is 0.172 e.